The van der Waals surface area contributed by atoms with E-state index >= 15 is 0 Å². The van der Waals surface area contributed by atoms with E-state index in [0.29, 0.717) is 5.92 Å². The molecule has 122 valence electrons. The molecule has 0 bridgehead atoms. The number of rotatable bonds is 3. The van der Waals surface area contributed by atoms with Crippen LogP contribution in [0.1, 0.15) is 32.9 Å². The normalized spacial score (nSPS) is 18.4. The molecule has 1 fully saturated rings. The number of ether oxygens (including phenoxy) is 1. The lowest BCUT2D eigenvalue weighted by molar-refractivity contribution is 0.0288. The van der Waals surface area contributed by atoms with Crippen molar-refractivity contribution < 1.29 is 9.53 Å². The number of anilines is 1. The Morgan fingerprint density at radius 2 is 2.14 bits per heavy atom. The van der Waals surface area contributed by atoms with E-state index in [1.165, 1.54) is 0 Å². The number of aryl methyl sites for hydroxylation is 1. The Hall–Kier alpha value is -1.85. The third-order valence-electron chi connectivity index (χ3n) is 3.64. The minimum atomic E-state index is -0.441. The van der Waals surface area contributed by atoms with E-state index in [-0.39, 0.29) is 6.09 Å². The molecule has 1 aliphatic heterocycles. The maximum absolute atomic E-state index is 12.1. The molecule has 6 nitrogen and oxygen atoms in total. The van der Waals surface area contributed by atoms with Crippen molar-refractivity contribution in [2.24, 2.45) is 5.92 Å². The summed E-state index contributed by atoms with van der Waals surface area (Å²) in [5.74, 6) is 1.29. The quantitative estimate of drug-likeness (QED) is 0.858. The molecule has 6 heteroatoms. The van der Waals surface area contributed by atoms with Gasteiger partial charge >= 0.3 is 6.09 Å². The molecule has 2 rings (SSSR count). The number of hydrogen-bond acceptors (Lipinski definition) is 5. The van der Waals surface area contributed by atoms with E-state index in [1.807, 2.05) is 46.9 Å². The Balaban J connectivity index is 1.85. The minimum absolute atomic E-state index is 0.215. The molecule has 1 saturated heterocycles. The Labute approximate surface area is 132 Å². The molecule has 1 atom stereocenters. The SMILES string of the molecule is Cc1ccc(N(C)C[C@H]2CCN(C(=O)OC(C)(C)C)C2)nn1. The van der Waals surface area contributed by atoms with Gasteiger partial charge in [-0.05, 0) is 52.2 Å². The highest BCUT2D eigenvalue weighted by Gasteiger charge is 2.30. The first-order valence-electron chi connectivity index (χ1n) is 7.74. The highest BCUT2D eigenvalue weighted by Crippen LogP contribution is 2.21. The van der Waals surface area contributed by atoms with Crippen molar-refractivity contribution in [1.29, 1.82) is 0 Å². The first kappa shape index (κ1) is 16.5. The fourth-order valence-electron chi connectivity index (χ4n) is 2.55. The van der Waals surface area contributed by atoms with Crippen LogP contribution in [0.5, 0.6) is 0 Å². The van der Waals surface area contributed by atoms with Crippen molar-refractivity contribution in [1.82, 2.24) is 15.1 Å². The molecule has 0 unspecified atom stereocenters. The number of carbonyl (C=O) groups is 1. The van der Waals surface area contributed by atoms with E-state index in [2.05, 4.69) is 15.1 Å². The molecule has 1 aromatic heterocycles. The Morgan fingerprint density at radius 3 is 2.73 bits per heavy atom. The van der Waals surface area contributed by atoms with Gasteiger partial charge in [-0.15, -0.1) is 5.10 Å². The van der Waals surface area contributed by atoms with Crippen LogP contribution in [0.15, 0.2) is 12.1 Å². The number of carbonyl (C=O) groups excluding carboxylic acids is 1. The second kappa shape index (κ2) is 6.50. The average molecular weight is 306 g/mol. The monoisotopic (exact) mass is 306 g/mol. The van der Waals surface area contributed by atoms with E-state index < -0.39 is 5.60 Å². The maximum Gasteiger partial charge on any atom is 0.410 e. The summed E-state index contributed by atoms with van der Waals surface area (Å²) >= 11 is 0. The molecule has 0 radical (unpaired) electrons. The summed E-state index contributed by atoms with van der Waals surface area (Å²) in [6.45, 7) is 9.95. The van der Waals surface area contributed by atoms with Crippen molar-refractivity contribution in [3.63, 3.8) is 0 Å². The van der Waals surface area contributed by atoms with Crippen LogP contribution in [0.25, 0.3) is 0 Å². The standard InChI is InChI=1S/C16H26N4O2/c1-12-6-7-14(18-17-12)19(5)10-13-8-9-20(11-13)15(21)22-16(2,3)4/h6-7,13H,8-11H2,1-5H3/t13-/m1/s1. The van der Waals surface area contributed by atoms with Crippen LogP contribution in [0, 0.1) is 12.8 Å². The van der Waals surface area contributed by atoms with Gasteiger partial charge in [0.1, 0.15) is 5.60 Å². The zero-order valence-corrected chi connectivity index (χ0v) is 14.2. The van der Waals surface area contributed by atoms with Gasteiger partial charge in [0.15, 0.2) is 5.82 Å². The molecule has 0 spiro atoms. The van der Waals surface area contributed by atoms with Gasteiger partial charge in [0, 0.05) is 26.7 Å². The molecule has 1 aliphatic rings. The predicted octanol–water partition coefficient (Wildman–Crippen LogP) is 2.48. The van der Waals surface area contributed by atoms with Crippen LogP contribution in [-0.2, 0) is 4.74 Å². The summed E-state index contributed by atoms with van der Waals surface area (Å²) < 4.78 is 5.42. The fraction of sp³-hybridized carbons (Fsp3) is 0.688. The van der Waals surface area contributed by atoms with Gasteiger partial charge < -0.3 is 14.5 Å². The van der Waals surface area contributed by atoms with Crippen LogP contribution in [0.3, 0.4) is 0 Å². The van der Waals surface area contributed by atoms with E-state index in [9.17, 15) is 4.79 Å². The number of likely N-dealkylation sites (tertiary alicyclic amines) is 1. The molecule has 0 saturated carbocycles. The lowest BCUT2D eigenvalue weighted by Crippen LogP contribution is -2.36. The van der Waals surface area contributed by atoms with Crippen LogP contribution < -0.4 is 4.90 Å². The van der Waals surface area contributed by atoms with Crippen molar-refractivity contribution in [2.45, 2.75) is 39.7 Å². The van der Waals surface area contributed by atoms with Crippen molar-refractivity contribution in [3.05, 3.63) is 17.8 Å². The summed E-state index contributed by atoms with van der Waals surface area (Å²) in [4.78, 5) is 16.0. The fourth-order valence-corrected chi connectivity index (χ4v) is 2.55. The van der Waals surface area contributed by atoms with Gasteiger partial charge in [0.2, 0.25) is 0 Å². The van der Waals surface area contributed by atoms with Crippen LogP contribution >= 0.6 is 0 Å². The topological polar surface area (TPSA) is 58.6 Å². The Bertz CT molecular complexity index is 510. The van der Waals surface area contributed by atoms with Gasteiger partial charge in [0.25, 0.3) is 0 Å². The Morgan fingerprint density at radius 1 is 1.41 bits per heavy atom. The lowest BCUT2D eigenvalue weighted by Gasteiger charge is -2.25. The molecule has 22 heavy (non-hydrogen) atoms. The summed E-state index contributed by atoms with van der Waals surface area (Å²) in [5, 5.41) is 8.28. The van der Waals surface area contributed by atoms with Crippen molar-refractivity contribution >= 4 is 11.9 Å². The number of nitrogens with zero attached hydrogens (tertiary/aromatic N) is 4. The third kappa shape index (κ3) is 4.58. The third-order valence-corrected chi connectivity index (χ3v) is 3.64. The van der Waals surface area contributed by atoms with Gasteiger partial charge in [-0.2, -0.15) is 5.10 Å². The second-order valence-electron chi connectivity index (χ2n) is 6.99. The number of amides is 1. The first-order chi connectivity index (χ1) is 10.2. The van der Waals surface area contributed by atoms with Crippen LogP contribution in [0.4, 0.5) is 10.6 Å². The summed E-state index contributed by atoms with van der Waals surface area (Å²) in [6, 6.07) is 3.93. The zero-order chi connectivity index (χ0) is 16.3. The maximum atomic E-state index is 12.1. The molecule has 0 aliphatic carbocycles. The molecule has 1 amide bonds. The zero-order valence-electron chi connectivity index (χ0n) is 14.2. The van der Waals surface area contributed by atoms with Crippen molar-refractivity contribution in [2.75, 3.05) is 31.6 Å². The summed E-state index contributed by atoms with van der Waals surface area (Å²) in [5.41, 5.74) is 0.470. The molecular formula is C16H26N4O2. The number of hydrogen-bond donors (Lipinski definition) is 0. The van der Waals surface area contributed by atoms with Crippen LogP contribution in [-0.4, -0.2) is 53.5 Å². The second-order valence-corrected chi connectivity index (χ2v) is 6.99. The average Bonchev–Trinajstić information content (AvgIpc) is 2.86. The number of aromatic nitrogens is 2. The van der Waals surface area contributed by atoms with E-state index in [0.717, 1.165) is 37.6 Å². The largest absolute Gasteiger partial charge is 0.444 e. The molecule has 0 N–H and O–H groups in total. The Kier molecular flexibility index (Phi) is 4.88. The molecule has 2 heterocycles. The molecule has 1 aromatic rings. The van der Waals surface area contributed by atoms with Gasteiger partial charge in [-0.25, -0.2) is 4.79 Å². The summed E-state index contributed by atoms with van der Waals surface area (Å²) in [7, 11) is 2.01. The van der Waals surface area contributed by atoms with Crippen molar-refractivity contribution in [3.8, 4) is 0 Å². The summed E-state index contributed by atoms with van der Waals surface area (Å²) in [6.07, 6.45) is 0.774. The lowest BCUT2D eigenvalue weighted by atomic mass is 10.1. The predicted molar refractivity (Wildman–Crippen MR) is 86.0 cm³/mol. The first-order valence-corrected chi connectivity index (χ1v) is 7.74. The van der Waals surface area contributed by atoms with E-state index in [1.54, 1.807) is 4.90 Å². The van der Waals surface area contributed by atoms with Gasteiger partial charge in [0.05, 0.1) is 5.69 Å². The molecular weight excluding hydrogens is 280 g/mol. The van der Waals surface area contributed by atoms with E-state index in [4.69, 9.17) is 4.74 Å². The van der Waals surface area contributed by atoms with Crippen LogP contribution in [0.2, 0.25) is 0 Å². The highest BCUT2D eigenvalue weighted by atomic mass is 16.6. The minimum Gasteiger partial charge on any atom is -0.444 e. The van der Waals surface area contributed by atoms with Gasteiger partial charge in [-0.1, -0.05) is 0 Å². The van der Waals surface area contributed by atoms with Gasteiger partial charge in [-0.3, -0.25) is 0 Å². The molecule has 0 aromatic carbocycles. The smallest absolute Gasteiger partial charge is 0.410 e. The highest BCUT2D eigenvalue weighted by molar-refractivity contribution is 5.68.